The first-order chi connectivity index (χ1) is 12.0. The molecule has 2 amide bonds. The van der Waals surface area contributed by atoms with Crippen LogP contribution in [0.4, 0.5) is 5.82 Å². The maximum atomic E-state index is 12.7. The fourth-order valence-electron chi connectivity index (χ4n) is 2.83. The summed E-state index contributed by atoms with van der Waals surface area (Å²) >= 11 is 1.63. The van der Waals surface area contributed by atoms with Crippen molar-refractivity contribution in [1.29, 1.82) is 0 Å². The standard InChI is InChI=1S/C19H31N3O3S/c1-13(23)22-9-7-8-14(11-22)12-26-19(5,6)17(24)20-16-10-15(25-21-16)18(2,3)4/h10,14H,7-9,11-12H2,1-6H3,(H,20,21,24). The minimum absolute atomic E-state index is 0.0875. The Morgan fingerprint density at radius 3 is 2.62 bits per heavy atom. The number of piperidine rings is 1. The van der Waals surface area contributed by atoms with Gasteiger partial charge in [0.2, 0.25) is 11.8 Å². The van der Waals surface area contributed by atoms with Crippen molar-refractivity contribution in [3.05, 3.63) is 11.8 Å². The number of amides is 2. The van der Waals surface area contributed by atoms with Gasteiger partial charge >= 0.3 is 0 Å². The molecular formula is C19H31N3O3S. The minimum Gasteiger partial charge on any atom is -0.359 e. The maximum absolute atomic E-state index is 12.7. The van der Waals surface area contributed by atoms with Gasteiger partial charge < -0.3 is 14.7 Å². The molecule has 1 aliphatic rings. The molecule has 1 saturated heterocycles. The molecule has 1 aliphatic heterocycles. The summed E-state index contributed by atoms with van der Waals surface area (Å²) in [6.07, 6.45) is 2.14. The Morgan fingerprint density at radius 2 is 2.04 bits per heavy atom. The Bertz CT molecular complexity index is 649. The van der Waals surface area contributed by atoms with Crippen molar-refractivity contribution in [3.8, 4) is 0 Å². The van der Waals surface area contributed by atoms with Crippen molar-refractivity contribution in [2.45, 2.75) is 64.5 Å². The molecule has 1 aromatic rings. The van der Waals surface area contributed by atoms with Gasteiger partial charge in [0.05, 0.1) is 4.75 Å². The van der Waals surface area contributed by atoms with E-state index < -0.39 is 4.75 Å². The molecule has 0 aliphatic carbocycles. The fraction of sp³-hybridized carbons (Fsp3) is 0.737. The van der Waals surface area contributed by atoms with Crippen LogP contribution in [0.15, 0.2) is 10.6 Å². The highest BCUT2D eigenvalue weighted by Gasteiger charge is 2.32. The second-order valence-corrected chi connectivity index (χ2v) is 10.2. The molecule has 146 valence electrons. The number of hydrogen-bond acceptors (Lipinski definition) is 5. The van der Waals surface area contributed by atoms with E-state index in [4.69, 9.17) is 4.52 Å². The van der Waals surface area contributed by atoms with Crippen LogP contribution in [0.25, 0.3) is 0 Å². The number of anilines is 1. The van der Waals surface area contributed by atoms with E-state index in [1.54, 1.807) is 24.8 Å². The lowest BCUT2D eigenvalue weighted by Gasteiger charge is -2.33. The second-order valence-electron chi connectivity index (χ2n) is 8.58. The van der Waals surface area contributed by atoms with E-state index in [2.05, 4.69) is 10.5 Å². The van der Waals surface area contributed by atoms with Gasteiger partial charge in [0.25, 0.3) is 0 Å². The predicted molar refractivity (Wildman–Crippen MR) is 105 cm³/mol. The number of rotatable bonds is 5. The van der Waals surface area contributed by atoms with Crippen molar-refractivity contribution in [2.24, 2.45) is 5.92 Å². The van der Waals surface area contributed by atoms with E-state index in [1.807, 2.05) is 39.5 Å². The lowest BCUT2D eigenvalue weighted by atomic mass is 9.93. The smallest absolute Gasteiger partial charge is 0.241 e. The van der Waals surface area contributed by atoms with Crippen LogP contribution in [0.1, 0.15) is 60.1 Å². The van der Waals surface area contributed by atoms with Crippen molar-refractivity contribution in [1.82, 2.24) is 10.1 Å². The molecule has 26 heavy (non-hydrogen) atoms. The van der Waals surface area contributed by atoms with Gasteiger partial charge in [-0.25, -0.2) is 0 Å². The third-order valence-electron chi connectivity index (χ3n) is 4.68. The highest BCUT2D eigenvalue weighted by Crippen LogP contribution is 2.31. The number of nitrogens with zero attached hydrogens (tertiary/aromatic N) is 2. The number of carbonyl (C=O) groups excluding carboxylic acids is 2. The molecule has 7 heteroatoms. The number of nitrogens with one attached hydrogen (secondary N) is 1. The monoisotopic (exact) mass is 381 g/mol. The molecule has 1 fully saturated rings. The summed E-state index contributed by atoms with van der Waals surface area (Å²) in [5.74, 6) is 2.53. The Kier molecular flexibility index (Phi) is 6.42. The number of carbonyl (C=O) groups is 2. The number of aromatic nitrogens is 1. The van der Waals surface area contributed by atoms with Crippen LogP contribution in [0.3, 0.4) is 0 Å². The summed E-state index contributed by atoms with van der Waals surface area (Å²) in [4.78, 5) is 26.1. The molecule has 0 spiro atoms. The van der Waals surface area contributed by atoms with Crippen molar-refractivity contribution < 1.29 is 14.1 Å². The first-order valence-electron chi connectivity index (χ1n) is 9.17. The molecule has 0 aromatic carbocycles. The Hall–Kier alpha value is -1.50. The molecule has 0 bridgehead atoms. The summed E-state index contributed by atoms with van der Waals surface area (Å²) in [7, 11) is 0. The zero-order chi connectivity index (χ0) is 19.5. The van der Waals surface area contributed by atoms with E-state index in [0.29, 0.717) is 11.7 Å². The van der Waals surface area contributed by atoms with Crippen LogP contribution in [0, 0.1) is 5.92 Å². The average Bonchev–Trinajstić information content (AvgIpc) is 3.02. The topological polar surface area (TPSA) is 75.4 Å². The Balaban J connectivity index is 1.89. The van der Waals surface area contributed by atoms with Crippen LogP contribution < -0.4 is 5.32 Å². The van der Waals surface area contributed by atoms with Crippen LogP contribution >= 0.6 is 11.8 Å². The van der Waals surface area contributed by atoms with Gasteiger partial charge in [-0.05, 0) is 38.4 Å². The largest absolute Gasteiger partial charge is 0.359 e. The quantitative estimate of drug-likeness (QED) is 0.842. The fourth-order valence-corrected chi connectivity index (χ4v) is 3.94. The second kappa shape index (κ2) is 8.03. The summed E-state index contributed by atoms with van der Waals surface area (Å²) in [6, 6.07) is 1.78. The van der Waals surface area contributed by atoms with Crippen LogP contribution in [-0.4, -0.2) is 45.5 Å². The molecule has 2 heterocycles. The molecule has 1 atom stereocenters. The van der Waals surface area contributed by atoms with E-state index >= 15 is 0 Å². The number of thioether (sulfide) groups is 1. The van der Waals surface area contributed by atoms with E-state index in [9.17, 15) is 9.59 Å². The lowest BCUT2D eigenvalue weighted by Crippen LogP contribution is -2.40. The first-order valence-corrected chi connectivity index (χ1v) is 10.2. The van der Waals surface area contributed by atoms with E-state index in [1.165, 1.54) is 0 Å². The SMILES string of the molecule is CC(=O)N1CCCC(CSC(C)(C)C(=O)Nc2cc(C(C)(C)C)on2)C1. The summed E-state index contributed by atoms with van der Waals surface area (Å²) < 4.78 is 4.74. The van der Waals surface area contributed by atoms with Gasteiger partial charge in [-0.3, -0.25) is 9.59 Å². The van der Waals surface area contributed by atoms with Crippen LogP contribution in [0.2, 0.25) is 0 Å². The van der Waals surface area contributed by atoms with Crippen molar-refractivity contribution >= 4 is 29.4 Å². The predicted octanol–water partition coefficient (Wildman–Crippen LogP) is 3.68. The van der Waals surface area contributed by atoms with Gasteiger partial charge in [0.15, 0.2) is 5.82 Å². The molecular weight excluding hydrogens is 350 g/mol. The molecule has 1 aromatic heterocycles. The molecule has 6 nitrogen and oxygen atoms in total. The maximum Gasteiger partial charge on any atom is 0.241 e. The summed E-state index contributed by atoms with van der Waals surface area (Å²) in [5, 5.41) is 6.82. The third kappa shape index (κ3) is 5.50. The Labute approximate surface area is 160 Å². The highest BCUT2D eigenvalue weighted by molar-refractivity contribution is 8.01. The molecule has 0 saturated carbocycles. The van der Waals surface area contributed by atoms with Gasteiger partial charge in [-0.15, -0.1) is 11.8 Å². The van der Waals surface area contributed by atoms with Gasteiger partial charge in [-0.1, -0.05) is 25.9 Å². The van der Waals surface area contributed by atoms with Crippen molar-refractivity contribution in [3.63, 3.8) is 0 Å². The van der Waals surface area contributed by atoms with Crippen LogP contribution in [0.5, 0.6) is 0 Å². The van der Waals surface area contributed by atoms with Gasteiger partial charge in [-0.2, -0.15) is 0 Å². The zero-order valence-corrected chi connectivity index (χ0v) is 17.5. The average molecular weight is 382 g/mol. The minimum atomic E-state index is -0.584. The van der Waals surface area contributed by atoms with Crippen molar-refractivity contribution in [2.75, 3.05) is 24.2 Å². The number of likely N-dealkylation sites (tertiary alicyclic amines) is 1. The zero-order valence-electron chi connectivity index (χ0n) is 16.7. The normalized spacial score (nSPS) is 18.7. The Morgan fingerprint density at radius 1 is 1.35 bits per heavy atom. The van der Waals surface area contributed by atoms with Gasteiger partial charge in [0, 0.05) is 31.5 Å². The molecule has 1 unspecified atom stereocenters. The first kappa shape index (κ1) is 20.8. The van der Waals surface area contributed by atoms with Crippen LogP contribution in [-0.2, 0) is 15.0 Å². The summed E-state index contributed by atoms with van der Waals surface area (Å²) in [5.41, 5.74) is -0.149. The summed E-state index contributed by atoms with van der Waals surface area (Å²) in [6.45, 7) is 13.2. The number of hydrogen-bond donors (Lipinski definition) is 1. The molecule has 1 N–H and O–H groups in total. The van der Waals surface area contributed by atoms with E-state index in [-0.39, 0.29) is 17.2 Å². The molecule has 2 rings (SSSR count). The van der Waals surface area contributed by atoms with E-state index in [0.717, 1.165) is 37.4 Å². The molecule has 0 radical (unpaired) electrons. The van der Waals surface area contributed by atoms with Gasteiger partial charge in [0.1, 0.15) is 5.76 Å². The highest BCUT2D eigenvalue weighted by atomic mass is 32.2. The third-order valence-corrected chi connectivity index (χ3v) is 6.23. The lowest BCUT2D eigenvalue weighted by molar-refractivity contribution is -0.130.